The van der Waals surface area contributed by atoms with Gasteiger partial charge in [-0.15, -0.1) is 11.3 Å². The molecule has 0 saturated heterocycles. The lowest BCUT2D eigenvalue weighted by Gasteiger charge is -2.06. The predicted molar refractivity (Wildman–Crippen MR) is 93.5 cm³/mol. The minimum Gasteiger partial charge on any atom is -0.486 e. The maximum atomic E-state index is 12.2. The van der Waals surface area contributed by atoms with Gasteiger partial charge in [-0.1, -0.05) is 15.9 Å². The molecule has 2 rings (SSSR count). The number of carbonyl (C=O) groups excluding carboxylic acids is 2. The number of rotatable bonds is 6. The summed E-state index contributed by atoms with van der Waals surface area (Å²) in [7, 11) is 1.34. The van der Waals surface area contributed by atoms with Crippen molar-refractivity contribution in [3.63, 3.8) is 0 Å². The van der Waals surface area contributed by atoms with Crippen LogP contribution in [-0.4, -0.2) is 25.5 Å². The maximum absolute atomic E-state index is 12.2. The Morgan fingerprint density at radius 1 is 1.17 bits per heavy atom. The molecule has 4 nitrogen and oxygen atoms in total. The third-order valence-corrected chi connectivity index (χ3v) is 5.15. The quantitative estimate of drug-likeness (QED) is 0.689. The van der Waals surface area contributed by atoms with E-state index < -0.39 is 5.97 Å². The Labute approximate surface area is 147 Å². The molecular formula is C17H17BrO4S. The van der Waals surface area contributed by atoms with Gasteiger partial charge in [0.1, 0.15) is 12.4 Å². The lowest BCUT2D eigenvalue weighted by atomic mass is 10.1. The van der Waals surface area contributed by atoms with Crippen molar-refractivity contribution in [2.75, 3.05) is 13.7 Å². The Balaban J connectivity index is 2.04. The third kappa shape index (κ3) is 4.42. The van der Waals surface area contributed by atoms with Gasteiger partial charge in [-0.25, -0.2) is 4.79 Å². The predicted octanol–water partition coefficient (Wildman–Crippen LogP) is 4.10. The highest BCUT2D eigenvalue weighted by Crippen LogP contribution is 2.28. The van der Waals surface area contributed by atoms with E-state index in [-0.39, 0.29) is 18.8 Å². The molecule has 1 heterocycles. The van der Waals surface area contributed by atoms with Crippen LogP contribution in [0.5, 0.6) is 5.75 Å². The molecule has 0 saturated carbocycles. The summed E-state index contributed by atoms with van der Waals surface area (Å²) in [6.45, 7) is 3.77. The highest BCUT2D eigenvalue weighted by molar-refractivity contribution is 9.10. The van der Waals surface area contributed by atoms with Crippen LogP contribution in [0, 0.1) is 13.8 Å². The second-order valence-corrected chi connectivity index (χ2v) is 7.26. The van der Waals surface area contributed by atoms with Gasteiger partial charge in [-0.2, -0.15) is 0 Å². The summed E-state index contributed by atoms with van der Waals surface area (Å²) in [6.07, 6.45) is 0.167. The van der Waals surface area contributed by atoms with Gasteiger partial charge in [-0.05, 0) is 43.7 Å². The van der Waals surface area contributed by atoms with E-state index in [4.69, 9.17) is 9.47 Å². The van der Waals surface area contributed by atoms with Crippen LogP contribution in [0.2, 0.25) is 0 Å². The summed E-state index contributed by atoms with van der Waals surface area (Å²) in [5.41, 5.74) is 1.38. The van der Waals surface area contributed by atoms with Crippen LogP contribution in [0.1, 0.15) is 25.7 Å². The van der Waals surface area contributed by atoms with Crippen molar-refractivity contribution in [1.82, 2.24) is 0 Å². The molecule has 6 heteroatoms. The summed E-state index contributed by atoms with van der Waals surface area (Å²) < 4.78 is 11.2. The van der Waals surface area contributed by atoms with Crippen LogP contribution in [-0.2, 0) is 16.0 Å². The molecule has 2 aromatic rings. The van der Waals surface area contributed by atoms with Crippen molar-refractivity contribution >= 4 is 39.0 Å². The molecule has 0 aliphatic rings. The molecule has 0 N–H and O–H groups in total. The number of Topliss-reactive ketones (excluding diaryl/α,β-unsaturated/α-hetero) is 1. The standard InChI is InChI=1S/C17H17BrO4S/c1-10-11(2)23-15(16(10)17(20)21-3)8-13(19)9-22-14-6-4-12(18)5-7-14/h4-7H,8-9H2,1-3H3. The molecule has 23 heavy (non-hydrogen) atoms. The number of ether oxygens (including phenoxy) is 2. The largest absolute Gasteiger partial charge is 0.486 e. The highest BCUT2D eigenvalue weighted by atomic mass is 79.9. The first-order valence-corrected chi connectivity index (χ1v) is 8.60. The fourth-order valence-electron chi connectivity index (χ4n) is 2.12. The number of methoxy groups -OCH3 is 1. The molecule has 122 valence electrons. The molecular weight excluding hydrogens is 380 g/mol. The minimum absolute atomic E-state index is 0.0295. The molecule has 0 fully saturated rings. The number of hydrogen-bond acceptors (Lipinski definition) is 5. The van der Waals surface area contributed by atoms with Gasteiger partial charge >= 0.3 is 5.97 Å². The molecule has 0 unspecified atom stereocenters. The van der Waals surface area contributed by atoms with Crippen molar-refractivity contribution in [3.8, 4) is 5.75 Å². The number of ketones is 1. The first-order valence-electron chi connectivity index (χ1n) is 6.99. The van der Waals surface area contributed by atoms with Crippen LogP contribution < -0.4 is 4.74 Å². The van der Waals surface area contributed by atoms with Crippen LogP contribution in [0.4, 0.5) is 0 Å². The number of aryl methyl sites for hydroxylation is 1. The topological polar surface area (TPSA) is 52.6 Å². The van der Waals surface area contributed by atoms with E-state index in [2.05, 4.69) is 15.9 Å². The summed E-state index contributed by atoms with van der Waals surface area (Å²) in [6, 6.07) is 7.27. The Morgan fingerprint density at radius 2 is 1.83 bits per heavy atom. The lowest BCUT2D eigenvalue weighted by Crippen LogP contribution is -2.15. The summed E-state index contributed by atoms with van der Waals surface area (Å²) in [5, 5.41) is 0. The molecule has 0 atom stereocenters. The Morgan fingerprint density at radius 3 is 2.43 bits per heavy atom. The van der Waals surface area contributed by atoms with Crippen molar-refractivity contribution in [1.29, 1.82) is 0 Å². The zero-order valence-corrected chi connectivity index (χ0v) is 15.5. The molecule has 1 aromatic heterocycles. The zero-order chi connectivity index (χ0) is 17.0. The van der Waals surface area contributed by atoms with Gasteiger partial charge in [0.25, 0.3) is 0 Å². The van der Waals surface area contributed by atoms with Crippen LogP contribution >= 0.6 is 27.3 Å². The Hall–Kier alpha value is -1.66. The zero-order valence-electron chi connectivity index (χ0n) is 13.1. The van der Waals surface area contributed by atoms with Gasteiger partial charge in [-0.3, -0.25) is 4.79 Å². The SMILES string of the molecule is COC(=O)c1c(CC(=O)COc2ccc(Br)cc2)sc(C)c1C. The smallest absolute Gasteiger partial charge is 0.339 e. The van der Waals surface area contributed by atoms with Gasteiger partial charge in [0.15, 0.2) is 5.78 Å². The number of esters is 1. The number of carbonyl (C=O) groups is 2. The normalized spacial score (nSPS) is 10.4. The van der Waals surface area contributed by atoms with Gasteiger partial charge in [0, 0.05) is 20.6 Å². The third-order valence-electron chi connectivity index (χ3n) is 3.42. The molecule has 0 amide bonds. The molecule has 0 aliphatic carbocycles. The van der Waals surface area contributed by atoms with Gasteiger partial charge in [0.2, 0.25) is 0 Å². The minimum atomic E-state index is -0.400. The van der Waals surface area contributed by atoms with Crippen LogP contribution in [0.3, 0.4) is 0 Å². The monoisotopic (exact) mass is 396 g/mol. The summed E-state index contributed by atoms with van der Waals surface area (Å²) in [5.74, 6) is 0.149. The van der Waals surface area contributed by atoms with E-state index in [1.165, 1.54) is 18.4 Å². The van der Waals surface area contributed by atoms with Crippen LogP contribution in [0.15, 0.2) is 28.7 Å². The van der Waals surface area contributed by atoms with E-state index in [0.717, 1.165) is 19.8 Å². The van der Waals surface area contributed by atoms with E-state index in [1.807, 2.05) is 26.0 Å². The van der Waals surface area contributed by atoms with Crippen LogP contribution in [0.25, 0.3) is 0 Å². The van der Waals surface area contributed by atoms with Crippen molar-refractivity contribution in [2.45, 2.75) is 20.3 Å². The average molecular weight is 397 g/mol. The highest BCUT2D eigenvalue weighted by Gasteiger charge is 2.21. The van der Waals surface area contributed by atoms with E-state index in [9.17, 15) is 9.59 Å². The number of hydrogen-bond donors (Lipinski definition) is 0. The molecule has 0 aliphatic heterocycles. The first-order chi connectivity index (χ1) is 10.9. The first kappa shape index (κ1) is 17.7. The Bertz CT molecular complexity index is 719. The Kier molecular flexibility index (Phi) is 5.96. The van der Waals surface area contributed by atoms with Gasteiger partial charge < -0.3 is 9.47 Å². The van der Waals surface area contributed by atoms with Gasteiger partial charge in [0.05, 0.1) is 12.7 Å². The van der Waals surface area contributed by atoms with Crippen molar-refractivity contribution in [2.24, 2.45) is 0 Å². The molecule has 0 bridgehead atoms. The van der Waals surface area contributed by atoms with E-state index in [1.54, 1.807) is 12.1 Å². The second kappa shape index (κ2) is 7.75. The van der Waals surface area contributed by atoms with E-state index in [0.29, 0.717) is 11.3 Å². The number of halogens is 1. The van der Waals surface area contributed by atoms with Crippen molar-refractivity contribution < 1.29 is 19.1 Å². The number of thiophene rings is 1. The lowest BCUT2D eigenvalue weighted by molar-refractivity contribution is -0.120. The van der Waals surface area contributed by atoms with E-state index >= 15 is 0 Å². The fraction of sp³-hybridized carbons (Fsp3) is 0.294. The van der Waals surface area contributed by atoms with Crippen molar-refractivity contribution in [3.05, 3.63) is 49.6 Å². The molecule has 0 radical (unpaired) electrons. The molecule has 1 aromatic carbocycles. The second-order valence-electron chi connectivity index (χ2n) is 5.03. The average Bonchev–Trinajstić information content (AvgIpc) is 2.80. The number of benzene rings is 1. The fourth-order valence-corrected chi connectivity index (χ4v) is 3.58. The summed E-state index contributed by atoms with van der Waals surface area (Å²) >= 11 is 4.80. The summed E-state index contributed by atoms with van der Waals surface area (Å²) in [4.78, 5) is 25.8. The maximum Gasteiger partial charge on any atom is 0.339 e. The molecule has 0 spiro atoms.